The number of benzene rings is 2. The first-order valence-electron chi connectivity index (χ1n) is 7.37. The summed E-state index contributed by atoms with van der Waals surface area (Å²) in [6.45, 7) is 9.77. The van der Waals surface area contributed by atoms with Crippen molar-refractivity contribution in [2.24, 2.45) is 0 Å². The lowest BCUT2D eigenvalue weighted by Crippen LogP contribution is -2.27. The van der Waals surface area contributed by atoms with Crippen molar-refractivity contribution in [2.75, 3.05) is 0 Å². The molecule has 0 aliphatic heterocycles. The molecule has 1 unspecified atom stereocenters. The molecule has 22 heavy (non-hydrogen) atoms. The Morgan fingerprint density at radius 3 is 2.14 bits per heavy atom. The monoisotopic (exact) mass is 317 g/mol. The third-order valence-corrected chi connectivity index (χ3v) is 5.56. The second-order valence-electron chi connectivity index (χ2n) is 5.95. The van der Waals surface area contributed by atoms with E-state index < -0.39 is 10.0 Å². The quantitative estimate of drug-likeness (QED) is 0.928. The van der Waals surface area contributed by atoms with Crippen LogP contribution in [0, 0.1) is 27.7 Å². The van der Waals surface area contributed by atoms with Gasteiger partial charge in [-0.3, -0.25) is 0 Å². The Balaban J connectivity index is 2.31. The average molecular weight is 317 g/mol. The van der Waals surface area contributed by atoms with Gasteiger partial charge in [0.15, 0.2) is 0 Å². The first-order valence-corrected chi connectivity index (χ1v) is 8.86. The Kier molecular flexibility index (Phi) is 4.73. The second kappa shape index (κ2) is 6.23. The Labute approximate surface area is 133 Å². The highest BCUT2D eigenvalue weighted by atomic mass is 32.2. The van der Waals surface area contributed by atoms with E-state index in [9.17, 15) is 8.42 Å². The van der Waals surface area contributed by atoms with Gasteiger partial charge in [-0.15, -0.1) is 0 Å². The molecular weight excluding hydrogens is 294 g/mol. The summed E-state index contributed by atoms with van der Waals surface area (Å²) in [4.78, 5) is 0.313. The van der Waals surface area contributed by atoms with E-state index in [0.29, 0.717) is 4.90 Å². The lowest BCUT2D eigenvalue weighted by molar-refractivity contribution is 0.566. The lowest BCUT2D eigenvalue weighted by Gasteiger charge is -2.18. The van der Waals surface area contributed by atoms with Crippen molar-refractivity contribution in [1.29, 1.82) is 0 Å². The van der Waals surface area contributed by atoms with Crippen LogP contribution < -0.4 is 4.72 Å². The Bertz CT molecular complexity index is 795. The van der Waals surface area contributed by atoms with Crippen molar-refractivity contribution >= 4 is 10.0 Å². The first-order chi connectivity index (χ1) is 10.2. The maximum atomic E-state index is 12.6. The molecule has 1 N–H and O–H groups in total. The molecule has 0 aliphatic carbocycles. The zero-order valence-electron chi connectivity index (χ0n) is 13.8. The predicted molar refractivity (Wildman–Crippen MR) is 90.6 cm³/mol. The maximum absolute atomic E-state index is 12.6. The van der Waals surface area contributed by atoms with Gasteiger partial charge in [0.1, 0.15) is 0 Å². The summed E-state index contributed by atoms with van der Waals surface area (Å²) in [5, 5.41) is 0. The van der Waals surface area contributed by atoms with Crippen LogP contribution in [-0.4, -0.2) is 8.42 Å². The molecule has 0 heterocycles. The molecule has 0 fully saturated rings. The fraction of sp³-hybridized carbons (Fsp3) is 0.333. The van der Waals surface area contributed by atoms with Gasteiger partial charge in [-0.2, -0.15) is 0 Å². The van der Waals surface area contributed by atoms with Crippen molar-refractivity contribution in [3.05, 3.63) is 64.2 Å². The Morgan fingerprint density at radius 2 is 1.50 bits per heavy atom. The summed E-state index contributed by atoms with van der Waals surface area (Å²) in [5.74, 6) is 0. The molecule has 0 amide bonds. The van der Waals surface area contributed by atoms with Crippen molar-refractivity contribution in [3.63, 3.8) is 0 Å². The summed E-state index contributed by atoms with van der Waals surface area (Å²) in [6.07, 6.45) is 0. The lowest BCUT2D eigenvalue weighted by atomic mass is 10.0. The molecule has 0 saturated carbocycles. The van der Waals surface area contributed by atoms with Crippen LogP contribution in [0.1, 0.15) is 40.8 Å². The third kappa shape index (κ3) is 3.57. The number of rotatable bonds is 4. The zero-order chi connectivity index (χ0) is 16.5. The van der Waals surface area contributed by atoms with Crippen molar-refractivity contribution in [2.45, 2.75) is 45.6 Å². The van der Waals surface area contributed by atoms with Crippen LogP contribution in [0.3, 0.4) is 0 Å². The molecule has 0 radical (unpaired) electrons. The molecule has 2 aromatic carbocycles. The minimum atomic E-state index is -3.53. The highest BCUT2D eigenvalue weighted by Gasteiger charge is 2.19. The van der Waals surface area contributed by atoms with Gasteiger partial charge >= 0.3 is 0 Å². The van der Waals surface area contributed by atoms with Gasteiger partial charge in [-0.05, 0) is 69.0 Å². The number of hydrogen-bond donors (Lipinski definition) is 1. The fourth-order valence-corrected chi connectivity index (χ4v) is 3.78. The van der Waals surface area contributed by atoms with E-state index in [0.717, 1.165) is 27.8 Å². The number of sulfonamides is 1. The van der Waals surface area contributed by atoms with E-state index >= 15 is 0 Å². The van der Waals surface area contributed by atoms with Gasteiger partial charge in [-0.1, -0.05) is 29.8 Å². The van der Waals surface area contributed by atoms with Gasteiger partial charge in [-0.25, -0.2) is 13.1 Å². The molecule has 0 aliphatic rings. The van der Waals surface area contributed by atoms with Gasteiger partial charge in [0.2, 0.25) is 10.0 Å². The van der Waals surface area contributed by atoms with E-state index in [2.05, 4.69) is 4.72 Å². The second-order valence-corrected chi connectivity index (χ2v) is 7.66. The number of nitrogens with one attached hydrogen (secondary N) is 1. The molecule has 0 spiro atoms. The standard InChI is InChI=1S/C18H23NO2S/c1-12-6-7-14(3)18(10-12)16(5)19-22(20,21)17-9-8-13(2)15(4)11-17/h6-11,16,19H,1-5H3. The van der Waals surface area contributed by atoms with Crippen molar-refractivity contribution in [3.8, 4) is 0 Å². The molecule has 2 rings (SSSR count). The normalized spacial score (nSPS) is 13.1. The average Bonchev–Trinajstić information content (AvgIpc) is 2.43. The Hall–Kier alpha value is -1.65. The van der Waals surface area contributed by atoms with E-state index in [1.807, 2.05) is 58.9 Å². The van der Waals surface area contributed by atoms with Crippen LogP contribution in [0.25, 0.3) is 0 Å². The van der Waals surface area contributed by atoms with Gasteiger partial charge in [0.05, 0.1) is 4.90 Å². The smallest absolute Gasteiger partial charge is 0.207 e. The largest absolute Gasteiger partial charge is 0.241 e. The van der Waals surface area contributed by atoms with E-state index in [4.69, 9.17) is 0 Å². The topological polar surface area (TPSA) is 46.2 Å². The SMILES string of the molecule is Cc1ccc(C)c(C(C)NS(=O)(=O)c2ccc(C)c(C)c2)c1. The van der Waals surface area contributed by atoms with Crippen LogP contribution in [0.4, 0.5) is 0 Å². The molecular formula is C18H23NO2S. The molecule has 118 valence electrons. The molecule has 0 saturated heterocycles. The number of aryl methyl sites for hydroxylation is 4. The molecule has 3 nitrogen and oxygen atoms in total. The summed E-state index contributed by atoms with van der Waals surface area (Å²) in [6, 6.07) is 11.0. The predicted octanol–water partition coefficient (Wildman–Crippen LogP) is 3.96. The van der Waals surface area contributed by atoms with Gasteiger partial charge in [0.25, 0.3) is 0 Å². The molecule has 0 aromatic heterocycles. The van der Waals surface area contributed by atoms with E-state index in [1.54, 1.807) is 12.1 Å². The summed E-state index contributed by atoms with van der Waals surface area (Å²) < 4.78 is 27.9. The van der Waals surface area contributed by atoms with Crippen LogP contribution in [0.15, 0.2) is 41.3 Å². The summed E-state index contributed by atoms with van der Waals surface area (Å²) in [5.41, 5.74) is 5.27. The van der Waals surface area contributed by atoms with E-state index in [-0.39, 0.29) is 6.04 Å². The van der Waals surface area contributed by atoms with Gasteiger partial charge in [0, 0.05) is 6.04 Å². The van der Waals surface area contributed by atoms with Crippen LogP contribution in [0.2, 0.25) is 0 Å². The highest BCUT2D eigenvalue weighted by Crippen LogP contribution is 2.22. The summed E-state index contributed by atoms with van der Waals surface area (Å²) in [7, 11) is -3.53. The zero-order valence-corrected chi connectivity index (χ0v) is 14.6. The van der Waals surface area contributed by atoms with Crippen molar-refractivity contribution < 1.29 is 8.42 Å². The summed E-state index contributed by atoms with van der Waals surface area (Å²) >= 11 is 0. The first kappa shape index (κ1) is 16.7. The maximum Gasteiger partial charge on any atom is 0.241 e. The highest BCUT2D eigenvalue weighted by molar-refractivity contribution is 7.89. The molecule has 4 heteroatoms. The van der Waals surface area contributed by atoms with Crippen molar-refractivity contribution in [1.82, 2.24) is 4.72 Å². The third-order valence-electron chi connectivity index (χ3n) is 4.02. The Morgan fingerprint density at radius 1 is 0.864 bits per heavy atom. The minimum absolute atomic E-state index is 0.272. The van der Waals surface area contributed by atoms with Crippen LogP contribution >= 0.6 is 0 Å². The van der Waals surface area contributed by atoms with Gasteiger partial charge < -0.3 is 0 Å². The minimum Gasteiger partial charge on any atom is -0.207 e. The fourth-order valence-electron chi connectivity index (χ4n) is 2.47. The van der Waals surface area contributed by atoms with Crippen LogP contribution in [-0.2, 0) is 10.0 Å². The molecule has 2 aromatic rings. The molecule has 1 atom stereocenters. The molecule has 0 bridgehead atoms. The van der Waals surface area contributed by atoms with E-state index in [1.165, 1.54) is 0 Å². The van der Waals surface area contributed by atoms with Crippen LogP contribution in [0.5, 0.6) is 0 Å². The number of hydrogen-bond acceptors (Lipinski definition) is 2.